The molecule has 0 unspecified atom stereocenters. The molecule has 5 atom stereocenters. The Morgan fingerprint density at radius 3 is 2.50 bits per heavy atom. The lowest BCUT2D eigenvalue weighted by atomic mass is 9.64. The van der Waals surface area contributed by atoms with Gasteiger partial charge in [0.2, 0.25) is 0 Å². The van der Waals surface area contributed by atoms with Gasteiger partial charge < -0.3 is 20.1 Å². The summed E-state index contributed by atoms with van der Waals surface area (Å²) in [6, 6.07) is 0. The van der Waals surface area contributed by atoms with Crippen molar-refractivity contribution in [3.8, 4) is 0 Å². The van der Waals surface area contributed by atoms with Gasteiger partial charge in [0.15, 0.2) is 0 Å². The predicted molar refractivity (Wildman–Crippen MR) is 54.0 cm³/mol. The van der Waals surface area contributed by atoms with Crippen LogP contribution in [0.15, 0.2) is 24.5 Å². The predicted octanol–water partition coefficient (Wildman–Crippen LogP) is -0.668. The summed E-state index contributed by atoms with van der Waals surface area (Å²) in [4.78, 5) is 11.8. The van der Waals surface area contributed by atoms with E-state index in [-0.39, 0.29) is 5.76 Å². The Labute approximate surface area is 92.7 Å². The largest absolute Gasteiger partial charge is 0.428 e. The Hall–Kier alpha value is -1.17. The molecule has 2 aliphatic rings. The molecule has 2 rings (SSSR count). The third-order valence-electron chi connectivity index (χ3n) is 3.50. The number of carbonyl (C=O) groups is 1. The van der Waals surface area contributed by atoms with Crippen molar-refractivity contribution in [2.45, 2.75) is 25.2 Å². The SMILES string of the molecule is C=C1OC(=O)[C@@]2([C@H](C)C=C[C@H](O)[C@H]2O)[C@H]1O. The average molecular weight is 226 g/mol. The molecule has 5 nitrogen and oxygen atoms in total. The Kier molecular flexibility index (Phi) is 2.41. The Morgan fingerprint density at radius 1 is 1.38 bits per heavy atom. The monoisotopic (exact) mass is 226 g/mol. The van der Waals surface area contributed by atoms with E-state index in [2.05, 4.69) is 6.58 Å². The summed E-state index contributed by atoms with van der Waals surface area (Å²) < 4.78 is 4.77. The highest BCUT2D eigenvalue weighted by Gasteiger charge is 2.63. The first-order valence-electron chi connectivity index (χ1n) is 5.06. The Bertz CT molecular complexity index is 375. The maximum Gasteiger partial charge on any atom is 0.323 e. The first kappa shape index (κ1) is 11.3. The van der Waals surface area contributed by atoms with Gasteiger partial charge >= 0.3 is 5.97 Å². The first-order valence-corrected chi connectivity index (χ1v) is 5.06. The van der Waals surface area contributed by atoms with Crippen LogP contribution in [0.2, 0.25) is 0 Å². The molecule has 1 fully saturated rings. The van der Waals surface area contributed by atoms with Crippen LogP contribution in [0.5, 0.6) is 0 Å². The normalized spacial score (nSPS) is 47.5. The van der Waals surface area contributed by atoms with Crippen LogP contribution in [-0.4, -0.2) is 39.6 Å². The van der Waals surface area contributed by atoms with Gasteiger partial charge in [-0.15, -0.1) is 0 Å². The fourth-order valence-corrected chi connectivity index (χ4v) is 2.46. The topological polar surface area (TPSA) is 87.0 Å². The van der Waals surface area contributed by atoms with Crippen molar-refractivity contribution in [2.75, 3.05) is 0 Å². The van der Waals surface area contributed by atoms with Crippen LogP contribution in [0.4, 0.5) is 0 Å². The molecule has 1 heterocycles. The van der Waals surface area contributed by atoms with Crippen LogP contribution in [-0.2, 0) is 9.53 Å². The number of hydrogen-bond acceptors (Lipinski definition) is 5. The summed E-state index contributed by atoms with van der Waals surface area (Å²) in [6.45, 7) is 5.09. The van der Waals surface area contributed by atoms with E-state index in [1.807, 2.05) is 0 Å². The summed E-state index contributed by atoms with van der Waals surface area (Å²) in [5.41, 5.74) is -1.54. The molecule has 1 spiro atoms. The molecular formula is C11H14O5. The number of ether oxygens (including phenoxy) is 1. The van der Waals surface area contributed by atoms with Crippen molar-refractivity contribution in [3.63, 3.8) is 0 Å². The van der Waals surface area contributed by atoms with E-state index >= 15 is 0 Å². The zero-order valence-electron chi connectivity index (χ0n) is 8.83. The van der Waals surface area contributed by atoms with E-state index in [1.54, 1.807) is 13.0 Å². The number of carbonyl (C=O) groups excluding carboxylic acids is 1. The number of hydrogen-bond donors (Lipinski definition) is 3. The number of rotatable bonds is 0. The second kappa shape index (κ2) is 3.41. The van der Waals surface area contributed by atoms with E-state index < -0.39 is 35.6 Å². The Morgan fingerprint density at radius 2 is 2.00 bits per heavy atom. The number of cyclic esters (lactones) is 1. The molecule has 88 valence electrons. The zero-order chi connectivity index (χ0) is 12.1. The fraction of sp³-hybridized carbons (Fsp3) is 0.545. The summed E-state index contributed by atoms with van der Waals surface area (Å²) in [5, 5.41) is 29.5. The van der Waals surface area contributed by atoms with Gasteiger partial charge in [0, 0.05) is 0 Å². The van der Waals surface area contributed by atoms with Gasteiger partial charge in [-0.2, -0.15) is 0 Å². The number of aliphatic hydroxyl groups excluding tert-OH is 3. The van der Waals surface area contributed by atoms with Crippen molar-refractivity contribution in [3.05, 3.63) is 24.5 Å². The smallest absolute Gasteiger partial charge is 0.323 e. The lowest BCUT2D eigenvalue weighted by molar-refractivity contribution is -0.165. The third kappa shape index (κ3) is 1.13. The lowest BCUT2D eigenvalue weighted by Crippen LogP contribution is -2.57. The number of aliphatic hydroxyl groups is 3. The van der Waals surface area contributed by atoms with Gasteiger partial charge in [0.25, 0.3) is 0 Å². The van der Waals surface area contributed by atoms with Crippen LogP contribution in [0.3, 0.4) is 0 Å². The van der Waals surface area contributed by atoms with E-state index in [1.165, 1.54) is 6.08 Å². The molecule has 16 heavy (non-hydrogen) atoms. The van der Waals surface area contributed by atoms with Crippen LogP contribution < -0.4 is 0 Å². The average Bonchev–Trinajstić information content (AvgIpc) is 2.45. The molecule has 1 aliphatic carbocycles. The molecule has 3 N–H and O–H groups in total. The highest BCUT2D eigenvalue weighted by Crippen LogP contribution is 2.48. The van der Waals surface area contributed by atoms with Crippen molar-refractivity contribution in [2.24, 2.45) is 11.3 Å². The maximum atomic E-state index is 11.8. The minimum absolute atomic E-state index is 0.0848. The van der Waals surface area contributed by atoms with Gasteiger partial charge in [-0.05, 0) is 5.92 Å². The second-order valence-electron chi connectivity index (χ2n) is 4.30. The number of esters is 1. The van der Waals surface area contributed by atoms with Crippen molar-refractivity contribution in [1.29, 1.82) is 0 Å². The van der Waals surface area contributed by atoms with E-state index in [0.717, 1.165) is 0 Å². The van der Waals surface area contributed by atoms with Gasteiger partial charge in [-0.3, -0.25) is 4.79 Å². The van der Waals surface area contributed by atoms with Gasteiger partial charge in [-0.1, -0.05) is 25.7 Å². The van der Waals surface area contributed by atoms with Crippen molar-refractivity contribution in [1.82, 2.24) is 0 Å². The van der Waals surface area contributed by atoms with Crippen molar-refractivity contribution < 1.29 is 24.9 Å². The molecule has 1 saturated heterocycles. The molecule has 1 aliphatic heterocycles. The molecule has 5 heteroatoms. The van der Waals surface area contributed by atoms with Gasteiger partial charge in [-0.25, -0.2) is 0 Å². The van der Waals surface area contributed by atoms with E-state index in [4.69, 9.17) is 4.74 Å². The van der Waals surface area contributed by atoms with Crippen LogP contribution in [0, 0.1) is 11.3 Å². The van der Waals surface area contributed by atoms with Gasteiger partial charge in [0.1, 0.15) is 23.4 Å². The first-order chi connectivity index (χ1) is 7.42. The summed E-state index contributed by atoms with van der Waals surface area (Å²) in [5.74, 6) is -1.26. The molecule has 0 aromatic heterocycles. The molecule has 0 amide bonds. The fourth-order valence-electron chi connectivity index (χ4n) is 2.46. The molecule has 0 radical (unpaired) electrons. The minimum atomic E-state index is -1.54. The lowest BCUT2D eigenvalue weighted by Gasteiger charge is -2.40. The molecule has 0 aromatic rings. The van der Waals surface area contributed by atoms with E-state index in [9.17, 15) is 20.1 Å². The molecule has 0 aromatic carbocycles. The standard InChI is InChI=1S/C11H14O5/c1-5-3-4-7(12)9(14)11(5)8(13)6(2)16-10(11)15/h3-5,7-9,12-14H,2H2,1H3/t5-,7+,8+,9-,11+/m1/s1. The van der Waals surface area contributed by atoms with Crippen LogP contribution in [0.25, 0.3) is 0 Å². The maximum absolute atomic E-state index is 11.8. The van der Waals surface area contributed by atoms with Crippen LogP contribution in [0.1, 0.15) is 6.92 Å². The van der Waals surface area contributed by atoms with Crippen LogP contribution >= 0.6 is 0 Å². The second-order valence-corrected chi connectivity index (χ2v) is 4.30. The quantitative estimate of drug-likeness (QED) is 0.377. The summed E-state index contributed by atoms with van der Waals surface area (Å²) in [7, 11) is 0. The molecule has 0 bridgehead atoms. The minimum Gasteiger partial charge on any atom is -0.428 e. The highest BCUT2D eigenvalue weighted by molar-refractivity contribution is 5.84. The van der Waals surface area contributed by atoms with E-state index in [0.29, 0.717) is 0 Å². The zero-order valence-corrected chi connectivity index (χ0v) is 8.83. The summed E-state index contributed by atoms with van der Waals surface area (Å²) >= 11 is 0. The highest BCUT2D eigenvalue weighted by atomic mass is 16.6. The molecular weight excluding hydrogens is 212 g/mol. The van der Waals surface area contributed by atoms with Crippen molar-refractivity contribution >= 4 is 5.97 Å². The summed E-state index contributed by atoms with van der Waals surface area (Å²) in [6.07, 6.45) is -0.898. The molecule has 0 saturated carbocycles. The third-order valence-corrected chi connectivity index (χ3v) is 3.50. The Balaban J connectivity index is 2.54. The van der Waals surface area contributed by atoms with Gasteiger partial charge in [0.05, 0.1) is 6.10 Å². The number of allylic oxidation sites excluding steroid dienone is 1.